The molecule has 1 aromatic rings. The first-order chi connectivity index (χ1) is 9.23. The predicted molar refractivity (Wildman–Crippen MR) is 81.3 cm³/mol. The predicted octanol–water partition coefficient (Wildman–Crippen LogP) is 2.67. The second-order valence-corrected chi connectivity index (χ2v) is 7.04. The first-order valence-electron chi connectivity index (χ1n) is 6.11. The summed E-state index contributed by atoms with van der Waals surface area (Å²) in [6.45, 7) is 5.29. The number of nitrogens with zero attached hydrogens (tertiary/aromatic N) is 1. The van der Waals surface area contributed by atoms with Gasteiger partial charge in [0.2, 0.25) is 0 Å². The summed E-state index contributed by atoms with van der Waals surface area (Å²) in [6, 6.07) is 0. The fraction of sp³-hybridized carbons (Fsp3) is 0.667. The number of aliphatic hydroxyl groups is 2. The van der Waals surface area contributed by atoms with Crippen molar-refractivity contribution in [1.29, 1.82) is 0 Å². The van der Waals surface area contributed by atoms with Crippen molar-refractivity contribution in [2.24, 2.45) is 0 Å². The van der Waals surface area contributed by atoms with E-state index in [1.807, 2.05) is 0 Å². The Hall–Kier alpha value is -0.700. The molecule has 8 heteroatoms. The maximum absolute atomic E-state index is 11.6. The lowest BCUT2D eigenvalue weighted by Crippen LogP contribution is -2.27. The van der Waals surface area contributed by atoms with E-state index in [-0.39, 0.29) is 0 Å². The van der Waals surface area contributed by atoms with Crippen LogP contribution in [-0.4, -0.2) is 38.3 Å². The van der Waals surface area contributed by atoms with E-state index in [9.17, 15) is 15.0 Å². The molecule has 20 heavy (non-hydrogen) atoms. The first-order valence-corrected chi connectivity index (χ1v) is 8.04. The van der Waals surface area contributed by atoms with Gasteiger partial charge in [0.05, 0.1) is 11.0 Å². The van der Waals surface area contributed by atoms with Crippen molar-refractivity contribution in [3.05, 3.63) is 11.1 Å². The fourth-order valence-corrected chi connectivity index (χ4v) is 2.65. The van der Waals surface area contributed by atoms with Gasteiger partial charge in [-0.3, -0.25) is 5.32 Å². The number of nitrogens with one attached hydrogen (secondary N) is 1. The number of hydrogen-bond donors (Lipinski definition) is 3. The number of halogens is 1. The molecule has 2 unspecified atom stereocenters. The van der Waals surface area contributed by atoms with Crippen LogP contribution in [0.25, 0.3) is 0 Å². The molecule has 114 valence electrons. The second-order valence-electron chi connectivity index (χ2n) is 5.18. The maximum atomic E-state index is 11.6. The molecule has 0 saturated heterocycles. The van der Waals surface area contributed by atoms with Crippen LogP contribution in [0.15, 0.2) is 6.20 Å². The first kappa shape index (κ1) is 17.4. The SMILES string of the molecule is CC(C)(C)OC(=O)Nc1ncc(C(O)C(O)CCBr)s1. The monoisotopic (exact) mass is 366 g/mol. The number of ether oxygens (including phenoxy) is 1. The zero-order valence-electron chi connectivity index (χ0n) is 11.6. The van der Waals surface area contributed by atoms with Crippen LogP contribution in [0, 0.1) is 0 Å². The smallest absolute Gasteiger partial charge is 0.413 e. The molecule has 2 atom stereocenters. The lowest BCUT2D eigenvalue weighted by molar-refractivity contribution is 0.0194. The Kier molecular flexibility index (Phi) is 6.38. The van der Waals surface area contributed by atoms with E-state index in [4.69, 9.17) is 4.74 Å². The number of amides is 1. The number of thiazole rings is 1. The van der Waals surface area contributed by atoms with Crippen molar-refractivity contribution >= 4 is 38.5 Å². The van der Waals surface area contributed by atoms with Gasteiger partial charge in [0.25, 0.3) is 0 Å². The van der Waals surface area contributed by atoms with Gasteiger partial charge in [-0.2, -0.15) is 0 Å². The third-order valence-corrected chi connectivity index (χ3v) is 3.63. The van der Waals surface area contributed by atoms with Crippen molar-refractivity contribution in [3.8, 4) is 0 Å². The van der Waals surface area contributed by atoms with Crippen molar-refractivity contribution in [1.82, 2.24) is 4.98 Å². The fourth-order valence-electron chi connectivity index (χ4n) is 1.33. The van der Waals surface area contributed by atoms with Crippen LogP contribution in [0.3, 0.4) is 0 Å². The van der Waals surface area contributed by atoms with E-state index < -0.39 is 23.9 Å². The summed E-state index contributed by atoms with van der Waals surface area (Å²) in [7, 11) is 0. The van der Waals surface area contributed by atoms with Crippen LogP contribution in [0.1, 0.15) is 38.2 Å². The average molecular weight is 367 g/mol. The number of aromatic nitrogens is 1. The topological polar surface area (TPSA) is 91.7 Å². The van der Waals surface area contributed by atoms with Crippen LogP contribution >= 0.6 is 27.3 Å². The van der Waals surface area contributed by atoms with Crippen LogP contribution in [0.2, 0.25) is 0 Å². The molecule has 1 aromatic heterocycles. The van der Waals surface area contributed by atoms with Gasteiger partial charge in [-0.15, -0.1) is 0 Å². The minimum atomic E-state index is -1.01. The quantitative estimate of drug-likeness (QED) is 0.696. The largest absolute Gasteiger partial charge is 0.444 e. The molecule has 0 aliphatic rings. The zero-order valence-corrected chi connectivity index (χ0v) is 14.0. The average Bonchev–Trinajstić information content (AvgIpc) is 2.74. The van der Waals surface area contributed by atoms with E-state index in [0.717, 1.165) is 11.3 Å². The molecule has 3 N–H and O–H groups in total. The number of hydrogen-bond acceptors (Lipinski definition) is 6. The summed E-state index contributed by atoms with van der Waals surface area (Å²) in [5, 5.41) is 23.0. The van der Waals surface area contributed by atoms with Crippen LogP contribution < -0.4 is 5.32 Å². The van der Waals surface area contributed by atoms with Crippen LogP contribution in [0.5, 0.6) is 0 Å². The molecule has 0 aliphatic heterocycles. The number of anilines is 1. The highest BCUT2D eigenvalue weighted by atomic mass is 79.9. The van der Waals surface area contributed by atoms with E-state index in [1.165, 1.54) is 6.20 Å². The van der Waals surface area contributed by atoms with Crippen LogP contribution in [-0.2, 0) is 4.74 Å². The summed E-state index contributed by atoms with van der Waals surface area (Å²) in [5.74, 6) is 0. The highest BCUT2D eigenvalue weighted by molar-refractivity contribution is 9.09. The molecular weight excluding hydrogens is 348 g/mol. The maximum Gasteiger partial charge on any atom is 0.413 e. The number of carbonyl (C=O) groups excluding carboxylic acids is 1. The molecule has 1 amide bonds. The van der Waals surface area contributed by atoms with Gasteiger partial charge < -0.3 is 14.9 Å². The highest BCUT2D eigenvalue weighted by Crippen LogP contribution is 2.28. The minimum Gasteiger partial charge on any atom is -0.444 e. The molecular formula is C12H19BrN2O4S. The van der Waals surface area contributed by atoms with E-state index in [0.29, 0.717) is 21.8 Å². The Labute approximate surface area is 130 Å². The number of aliphatic hydroxyl groups excluding tert-OH is 2. The van der Waals surface area contributed by atoms with E-state index in [1.54, 1.807) is 20.8 Å². The lowest BCUT2D eigenvalue weighted by atomic mass is 10.1. The normalized spacial score (nSPS) is 14.7. The third-order valence-electron chi connectivity index (χ3n) is 2.19. The molecule has 0 spiro atoms. The molecule has 0 bridgehead atoms. The van der Waals surface area contributed by atoms with Crippen molar-refractivity contribution in [2.75, 3.05) is 10.6 Å². The lowest BCUT2D eigenvalue weighted by Gasteiger charge is -2.19. The summed E-state index contributed by atoms with van der Waals surface area (Å²) >= 11 is 4.30. The standard InChI is InChI=1S/C12H19BrN2O4S/c1-12(2,3)19-11(18)15-10-14-6-8(20-10)9(17)7(16)4-5-13/h6-7,9,16-17H,4-5H2,1-3H3,(H,14,15,18). The van der Waals surface area contributed by atoms with Gasteiger partial charge in [-0.05, 0) is 27.2 Å². The van der Waals surface area contributed by atoms with Gasteiger partial charge in [-0.1, -0.05) is 27.3 Å². The van der Waals surface area contributed by atoms with Crippen molar-refractivity contribution in [3.63, 3.8) is 0 Å². The Morgan fingerprint density at radius 3 is 2.75 bits per heavy atom. The number of carbonyl (C=O) groups is 1. The van der Waals surface area contributed by atoms with E-state index >= 15 is 0 Å². The number of alkyl halides is 1. The third kappa shape index (κ3) is 5.74. The summed E-state index contributed by atoms with van der Waals surface area (Å²) in [5.41, 5.74) is -0.588. The Bertz CT molecular complexity index is 447. The molecule has 0 aliphatic carbocycles. The van der Waals surface area contributed by atoms with Crippen molar-refractivity contribution in [2.45, 2.75) is 45.0 Å². The second kappa shape index (κ2) is 7.35. The molecule has 0 fully saturated rings. The Balaban J connectivity index is 2.61. The molecule has 0 aromatic carbocycles. The van der Waals surface area contributed by atoms with Crippen LogP contribution in [0.4, 0.5) is 9.93 Å². The molecule has 0 saturated carbocycles. The Morgan fingerprint density at radius 2 is 2.20 bits per heavy atom. The van der Waals surface area contributed by atoms with Gasteiger partial charge in [0.15, 0.2) is 5.13 Å². The summed E-state index contributed by atoms with van der Waals surface area (Å²) in [4.78, 5) is 16.0. The molecule has 1 rings (SSSR count). The van der Waals surface area contributed by atoms with Gasteiger partial charge in [-0.25, -0.2) is 9.78 Å². The molecule has 0 radical (unpaired) electrons. The highest BCUT2D eigenvalue weighted by Gasteiger charge is 2.22. The van der Waals surface area contributed by atoms with Gasteiger partial charge in [0, 0.05) is 11.5 Å². The van der Waals surface area contributed by atoms with Gasteiger partial charge >= 0.3 is 6.09 Å². The minimum absolute atomic E-state index is 0.319. The Morgan fingerprint density at radius 1 is 1.55 bits per heavy atom. The zero-order chi connectivity index (χ0) is 15.3. The summed E-state index contributed by atoms with van der Waals surface area (Å²) < 4.78 is 5.10. The van der Waals surface area contributed by atoms with E-state index in [2.05, 4.69) is 26.2 Å². The number of rotatable bonds is 5. The molecule has 1 heterocycles. The summed E-state index contributed by atoms with van der Waals surface area (Å²) in [6.07, 6.45) is -0.634. The molecule has 6 nitrogen and oxygen atoms in total. The van der Waals surface area contributed by atoms with Crippen molar-refractivity contribution < 1.29 is 19.7 Å². The van der Waals surface area contributed by atoms with Gasteiger partial charge in [0.1, 0.15) is 11.7 Å².